The number of esters is 1. The summed E-state index contributed by atoms with van der Waals surface area (Å²) in [6.07, 6.45) is 2.87. The summed E-state index contributed by atoms with van der Waals surface area (Å²) in [4.78, 5) is 24.9. The van der Waals surface area contributed by atoms with E-state index >= 15 is 0 Å². The van der Waals surface area contributed by atoms with Gasteiger partial charge in [0.05, 0.1) is 6.04 Å². The molecular formula is C21H26N2O3S. The van der Waals surface area contributed by atoms with Gasteiger partial charge < -0.3 is 15.8 Å². The van der Waals surface area contributed by atoms with Crippen molar-refractivity contribution in [1.29, 1.82) is 0 Å². The van der Waals surface area contributed by atoms with Gasteiger partial charge in [0.15, 0.2) is 0 Å². The summed E-state index contributed by atoms with van der Waals surface area (Å²) < 4.78 is 5.38. The Morgan fingerprint density at radius 2 is 1.63 bits per heavy atom. The molecule has 0 saturated heterocycles. The Hall–Kier alpha value is -2.31. The minimum atomic E-state index is -0.717. The predicted octanol–water partition coefficient (Wildman–Crippen LogP) is 2.54. The number of hydrogen-bond acceptors (Lipinski definition) is 5. The largest absolute Gasteiger partial charge is 0.459 e. The van der Waals surface area contributed by atoms with E-state index in [1.807, 2.05) is 66.9 Å². The van der Waals surface area contributed by atoms with E-state index in [-0.39, 0.29) is 12.5 Å². The highest BCUT2D eigenvalue weighted by molar-refractivity contribution is 7.98. The number of amides is 1. The molecule has 0 fully saturated rings. The molecule has 144 valence electrons. The van der Waals surface area contributed by atoms with Crippen LogP contribution in [0.5, 0.6) is 0 Å². The number of ether oxygens (including phenoxy) is 1. The molecule has 0 saturated carbocycles. The van der Waals surface area contributed by atoms with Crippen molar-refractivity contribution in [2.75, 3.05) is 12.0 Å². The lowest BCUT2D eigenvalue weighted by molar-refractivity contribution is -0.149. The quantitative estimate of drug-likeness (QED) is 0.613. The summed E-state index contributed by atoms with van der Waals surface area (Å²) in [6, 6.07) is 17.6. The van der Waals surface area contributed by atoms with E-state index in [4.69, 9.17) is 10.5 Å². The van der Waals surface area contributed by atoms with Crippen molar-refractivity contribution in [3.63, 3.8) is 0 Å². The fraction of sp³-hybridized carbons (Fsp3) is 0.333. The molecule has 0 aliphatic heterocycles. The zero-order chi connectivity index (χ0) is 19.5. The topological polar surface area (TPSA) is 81.4 Å². The number of carbonyl (C=O) groups excluding carboxylic acids is 2. The summed E-state index contributed by atoms with van der Waals surface area (Å²) >= 11 is 1.61. The van der Waals surface area contributed by atoms with Crippen LogP contribution in [0.15, 0.2) is 60.7 Å². The van der Waals surface area contributed by atoms with Crippen molar-refractivity contribution in [2.45, 2.75) is 31.5 Å². The number of hydrogen-bond donors (Lipinski definition) is 2. The van der Waals surface area contributed by atoms with Crippen LogP contribution >= 0.6 is 11.8 Å². The second kappa shape index (κ2) is 11.4. The van der Waals surface area contributed by atoms with Crippen LogP contribution < -0.4 is 11.1 Å². The van der Waals surface area contributed by atoms with E-state index in [0.717, 1.165) is 16.9 Å². The van der Waals surface area contributed by atoms with Crippen LogP contribution in [0.4, 0.5) is 0 Å². The summed E-state index contributed by atoms with van der Waals surface area (Å²) in [7, 11) is 0. The van der Waals surface area contributed by atoms with Crippen LogP contribution in [0.3, 0.4) is 0 Å². The normalized spacial score (nSPS) is 12.8. The van der Waals surface area contributed by atoms with E-state index < -0.39 is 18.1 Å². The SMILES string of the molecule is CSCC[C@H](NC(=O)[C@@H](N)Cc1ccccc1)C(=O)OCc1ccccc1. The molecule has 0 spiro atoms. The lowest BCUT2D eigenvalue weighted by Gasteiger charge is -2.20. The number of benzene rings is 2. The second-order valence-corrected chi connectivity index (χ2v) is 7.22. The van der Waals surface area contributed by atoms with Crippen LogP contribution in [0.25, 0.3) is 0 Å². The molecule has 27 heavy (non-hydrogen) atoms. The van der Waals surface area contributed by atoms with Crippen molar-refractivity contribution in [3.05, 3.63) is 71.8 Å². The Labute approximate surface area is 164 Å². The molecule has 2 aromatic rings. The maximum Gasteiger partial charge on any atom is 0.329 e. The van der Waals surface area contributed by atoms with Gasteiger partial charge in [0, 0.05) is 0 Å². The first-order valence-corrected chi connectivity index (χ1v) is 10.3. The minimum Gasteiger partial charge on any atom is -0.459 e. The zero-order valence-corrected chi connectivity index (χ0v) is 16.3. The average molecular weight is 387 g/mol. The molecule has 0 heterocycles. The molecule has 0 radical (unpaired) electrons. The molecule has 0 bridgehead atoms. The van der Waals surface area contributed by atoms with Crippen molar-refractivity contribution < 1.29 is 14.3 Å². The van der Waals surface area contributed by atoms with Gasteiger partial charge >= 0.3 is 5.97 Å². The average Bonchev–Trinajstić information content (AvgIpc) is 2.70. The molecule has 2 aromatic carbocycles. The Bertz CT molecular complexity index is 710. The third-order valence-corrected chi connectivity index (χ3v) is 4.71. The van der Waals surface area contributed by atoms with Gasteiger partial charge in [-0.2, -0.15) is 11.8 Å². The van der Waals surface area contributed by atoms with Gasteiger partial charge in [-0.3, -0.25) is 4.79 Å². The molecule has 0 aliphatic rings. The van der Waals surface area contributed by atoms with E-state index in [9.17, 15) is 9.59 Å². The lowest BCUT2D eigenvalue weighted by atomic mass is 10.1. The molecule has 0 aliphatic carbocycles. The molecule has 2 rings (SSSR count). The number of nitrogens with two attached hydrogens (primary N) is 1. The molecule has 3 N–H and O–H groups in total. The zero-order valence-electron chi connectivity index (χ0n) is 15.5. The first-order valence-electron chi connectivity index (χ1n) is 8.89. The monoisotopic (exact) mass is 386 g/mol. The van der Waals surface area contributed by atoms with Gasteiger partial charge in [0.25, 0.3) is 0 Å². The Balaban J connectivity index is 1.91. The number of thioether (sulfide) groups is 1. The molecular weight excluding hydrogens is 360 g/mol. The Morgan fingerprint density at radius 1 is 1.04 bits per heavy atom. The summed E-state index contributed by atoms with van der Waals surface area (Å²) in [6.45, 7) is 0.182. The fourth-order valence-corrected chi connectivity index (χ4v) is 3.02. The summed E-state index contributed by atoms with van der Waals surface area (Å²) in [5.74, 6) is -0.0472. The standard InChI is InChI=1S/C21H26N2O3S/c1-27-13-12-19(21(25)26-15-17-10-6-3-7-11-17)23-20(24)18(22)14-16-8-4-2-5-9-16/h2-11,18-19H,12-15,22H2,1H3,(H,23,24)/t18-,19-/m0/s1. The van der Waals surface area contributed by atoms with Crippen molar-refractivity contribution in [2.24, 2.45) is 5.73 Å². The van der Waals surface area contributed by atoms with Gasteiger partial charge in [-0.25, -0.2) is 4.79 Å². The summed E-state index contributed by atoms with van der Waals surface area (Å²) in [5, 5.41) is 2.76. The predicted molar refractivity (Wildman–Crippen MR) is 109 cm³/mol. The van der Waals surface area contributed by atoms with Gasteiger partial charge in [-0.05, 0) is 36.0 Å². The Morgan fingerprint density at radius 3 is 2.22 bits per heavy atom. The first-order chi connectivity index (χ1) is 13.1. The fourth-order valence-electron chi connectivity index (χ4n) is 2.55. The molecule has 0 aromatic heterocycles. The van der Waals surface area contributed by atoms with Crippen molar-refractivity contribution in [3.8, 4) is 0 Å². The highest BCUT2D eigenvalue weighted by atomic mass is 32.2. The van der Waals surface area contributed by atoms with E-state index in [1.165, 1.54) is 0 Å². The van der Waals surface area contributed by atoms with Crippen molar-refractivity contribution >= 4 is 23.6 Å². The van der Waals surface area contributed by atoms with Gasteiger partial charge in [0.2, 0.25) is 5.91 Å². The molecule has 2 atom stereocenters. The second-order valence-electron chi connectivity index (χ2n) is 6.23. The third-order valence-electron chi connectivity index (χ3n) is 4.07. The highest BCUT2D eigenvalue weighted by Crippen LogP contribution is 2.08. The summed E-state index contributed by atoms with van der Waals surface area (Å²) in [5.41, 5.74) is 7.91. The van der Waals surface area contributed by atoms with Crippen molar-refractivity contribution in [1.82, 2.24) is 5.32 Å². The van der Waals surface area contributed by atoms with Crippen LogP contribution in [0.1, 0.15) is 17.5 Å². The van der Waals surface area contributed by atoms with Crippen LogP contribution in [-0.2, 0) is 27.4 Å². The number of carbonyl (C=O) groups is 2. The van der Waals surface area contributed by atoms with Crippen LogP contribution in [-0.4, -0.2) is 36.0 Å². The Kier molecular flexibility index (Phi) is 8.87. The first kappa shape index (κ1) is 21.0. The van der Waals surface area contributed by atoms with Gasteiger partial charge in [-0.1, -0.05) is 60.7 Å². The third kappa shape index (κ3) is 7.45. The molecule has 5 nitrogen and oxygen atoms in total. The lowest BCUT2D eigenvalue weighted by Crippen LogP contribution is -2.49. The van der Waals surface area contributed by atoms with Crippen LogP contribution in [0.2, 0.25) is 0 Å². The van der Waals surface area contributed by atoms with E-state index in [1.54, 1.807) is 11.8 Å². The van der Waals surface area contributed by atoms with Gasteiger partial charge in [-0.15, -0.1) is 0 Å². The minimum absolute atomic E-state index is 0.182. The van der Waals surface area contributed by atoms with E-state index in [2.05, 4.69) is 5.32 Å². The maximum atomic E-state index is 12.5. The van der Waals surface area contributed by atoms with Gasteiger partial charge in [0.1, 0.15) is 12.6 Å². The maximum absolute atomic E-state index is 12.5. The van der Waals surface area contributed by atoms with Crippen LogP contribution in [0, 0.1) is 0 Å². The smallest absolute Gasteiger partial charge is 0.329 e. The number of nitrogens with one attached hydrogen (secondary N) is 1. The number of rotatable bonds is 10. The molecule has 1 amide bonds. The molecule has 6 heteroatoms. The highest BCUT2D eigenvalue weighted by Gasteiger charge is 2.24. The van der Waals surface area contributed by atoms with E-state index in [0.29, 0.717) is 12.8 Å². The molecule has 0 unspecified atom stereocenters.